The quantitative estimate of drug-likeness (QED) is 0.825. The van der Waals surface area contributed by atoms with Gasteiger partial charge in [-0.25, -0.2) is 0 Å². The van der Waals surface area contributed by atoms with Crippen molar-refractivity contribution in [2.24, 2.45) is 13.0 Å². The molecular weight excluding hydrogens is 330 g/mol. The molecule has 2 aliphatic heterocycles. The van der Waals surface area contributed by atoms with E-state index in [1.54, 1.807) is 12.3 Å². The third kappa shape index (κ3) is 3.64. The smallest absolute Gasteiger partial charge is 0.272 e. The number of nitrogens with zero attached hydrogens (tertiary/aromatic N) is 5. The second kappa shape index (κ2) is 7.17. The van der Waals surface area contributed by atoms with Gasteiger partial charge >= 0.3 is 0 Å². The lowest BCUT2D eigenvalue weighted by Gasteiger charge is -2.22. The summed E-state index contributed by atoms with van der Waals surface area (Å²) < 4.78 is 7.89. The molecule has 2 aliphatic rings. The lowest BCUT2D eigenvalue weighted by Crippen LogP contribution is -2.34. The zero-order chi connectivity index (χ0) is 18.1. The molecular formula is C19H25N5O2. The molecule has 2 aromatic heterocycles. The Bertz CT molecular complexity index is 772. The number of aryl methyl sites for hydroxylation is 2. The van der Waals surface area contributed by atoms with Crippen LogP contribution >= 0.6 is 0 Å². The highest BCUT2D eigenvalue weighted by Crippen LogP contribution is 2.25. The molecule has 0 saturated carbocycles. The van der Waals surface area contributed by atoms with Gasteiger partial charge in [0.05, 0.1) is 18.9 Å². The maximum atomic E-state index is 12.7. The van der Waals surface area contributed by atoms with Crippen molar-refractivity contribution in [3.63, 3.8) is 0 Å². The molecule has 4 rings (SSSR count). The van der Waals surface area contributed by atoms with Gasteiger partial charge in [-0.2, -0.15) is 5.10 Å². The number of fused-ring (bicyclic) bond motifs is 1. The molecule has 7 nitrogen and oxygen atoms in total. The molecule has 1 amide bonds. The largest absolute Gasteiger partial charge is 0.375 e. The van der Waals surface area contributed by atoms with Crippen LogP contribution in [-0.2, 0) is 18.3 Å². The summed E-state index contributed by atoms with van der Waals surface area (Å²) in [6.45, 7) is 6.77. The second-order valence-electron chi connectivity index (χ2n) is 7.36. The molecule has 2 aromatic rings. The molecule has 2 fully saturated rings. The lowest BCUT2D eigenvalue weighted by molar-refractivity contribution is 0.0482. The van der Waals surface area contributed by atoms with E-state index in [1.165, 1.54) is 5.56 Å². The van der Waals surface area contributed by atoms with E-state index in [9.17, 15) is 4.79 Å². The summed E-state index contributed by atoms with van der Waals surface area (Å²) in [5, 5.41) is 4.25. The van der Waals surface area contributed by atoms with Crippen molar-refractivity contribution in [1.29, 1.82) is 0 Å². The minimum Gasteiger partial charge on any atom is -0.375 e. The van der Waals surface area contributed by atoms with E-state index in [-0.39, 0.29) is 12.0 Å². The molecule has 0 aromatic carbocycles. The van der Waals surface area contributed by atoms with Gasteiger partial charge in [-0.05, 0) is 18.6 Å². The van der Waals surface area contributed by atoms with E-state index in [2.05, 4.69) is 21.2 Å². The average molecular weight is 355 g/mol. The fourth-order valence-electron chi connectivity index (χ4n) is 3.84. The first-order valence-corrected chi connectivity index (χ1v) is 9.12. The SMILES string of the molecule is Cc1ccc(C(=O)N2C[C@@H]3CN(Cc4cnn(C)c4)CCO[C@@H]3C2)nc1. The molecule has 26 heavy (non-hydrogen) atoms. The van der Waals surface area contributed by atoms with E-state index in [0.717, 1.165) is 31.7 Å². The number of aromatic nitrogens is 3. The van der Waals surface area contributed by atoms with E-state index >= 15 is 0 Å². The standard InChI is InChI=1S/C19H25N5O2/c1-14-3-4-17(20-7-14)19(25)24-12-16-11-23(5-6-26-18(16)13-24)10-15-8-21-22(2)9-15/h3-4,7-9,16,18H,5-6,10-13H2,1-2H3/t16-,18+/m0/s1. The van der Waals surface area contributed by atoms with Gasteiger partial charge in [-0.3, -0.25) is 19.4 Å². The topological polar surface area (TPSA) is 63.5 Å². The van der Waals surface area contributed by atoms with Crippen LogP contribution in [0.2, 0.25) is 0 Å². The van der Waals surface area contributed by atoms with Gasteiger partial charge in [0.25, 0.3) is 5.91 Å². The number of pyridine rings is 1. The second-order valence-corrected chi connectivity index (χ2v) is 7.36. The average Bonchev–Trinajstić information content (AvgIpc) is 3.16. The van der Waals surface area contributed by atoms with Crippen molar-refractivity contribution in [2.45, 2.75) is 19.6 Å². The number of rotatable bonds is 3. The van der Waals surface area contributed by atoms with Gasteiger partial charge < -0.3 is 9.64 Å². The predicted octanol–water partition coefficient (Wildman–Crippen LogP) is 1.10. The molecule has 0 radical (unpaired) electrons. The number of carbonyl (C=O) groups is 1. The Morgan fingerprint density at radius 3 is 2.88 bits per heavy atom. The van der Waals surface area contributed by atoms with Crippen LogP contribution in [0.15, 0.2) is 30.7 Å². The van der Waals surface area contributed by atoms with Gasteiger partial charge in [-0.15, -0.1) is 0 Å². The molecule has 0 spiro atoms. The Balaban J connectivity index is 1.41. The van der Waals surface area contributed by atoms with Crippen LogP contribution in [0.1, 0.15) is 21.6 Å². The third-order valence-electron chi connectivity index (χ3n) is 5.20. The van der Waals surface area contributed by atoms with Gasteiger partial charge in [0.1, 0.15) is 5.69 Å². The van der Waals surface area contributed by atoms with E-state index in [4.69, 9.17) is 4.74 Å². The maximum absolute atomic E-state index is 12.7. The number of likely N-dealkylation sites (tertiary alicyclic amines) is 1. The van der Waals surface area contributed by atoms with Crippen LogP contribution < -0.4 is 0 Å². The fourth-order valence-corrected chi connectivity index (χ4v) is 3.84. The van der Waals surface area contributed by atoms with Gasteiger partial charge in [-0.1, -0.05) is 6.07 Å². The van der Waals surface area contributed by atoms with Gasteiger partial charge in [0.15, 0.2) is 0 Å². The molecule has 7 heteroatoms. The highest BCUT2D eigenvalue weighted by Gasteiger charge is 2.39. The molecule has 0 bridgehead atoms. The molecule has 0 aliphatic carbocycles. The molecule has 138 valence electrons. The predicted molar refractivity (Wildman–Crippen MR) is 96.6 cm³/mol. The monoisotopic (exact) mass is 355 g/mol. The number of carbonyl (C=O) groups excluding carboxylic acids is 1. The number of amides is 1. The summed E-state index contributed by atoms with van der Waals surface area (Å²) in [6, 6.07) is 3.74. The Labute approximate surface area is 153 Å². The van der Waals surface area contributed by atoms with Gasteiger partial charge in [0, 0.05) is 63.6 Å². The van der Waals surface area contributed by atoms with Crippen molar-refractivity contribution in [2.75, 3.05) is 32.8 Å². The Kier molecular flexibility index (Phi) is 4.74. The van der Waals surface area contributed by atoms with Crippen LogP contribution in [0.25, 0.3) is 0 Å². The van der Waals surface area contributed by atoms with Crippen LogP contribution in [-0.4, -0.2) is 69.4 Å². The molecule has 0 unspecified atom stereocenters. The zero-order valence-electron chi connectivity index (χ0n) is 15.3. The van der Waals surface area contributed by atoms with Crippen LogP contribution in [0, 0.1) is 12.8 Å². The Morgan fingerprint density at radius 2 is 2.15 bits per heavy atom. The number of hydrogen-bond acceptors (Lipinski definition) is 5. The van der Waals surface area contributed by atoms with Gasteiger partial charge in [0.2, 0.25) is 0 Å². The summed E-state index contributed by atoms with van der Waals surface area (Å²) in [7, 11) is 1.94. The zero-order valence-corrected chi connectivity index (χ0v) is 15.3. The van der Waals surface area contributed by atoms with E-state index in [1.807, 2.05) is 35.8 Å². The Morgan fingerprint density at radius 1 is 1.27 bits per heavy atom. The van der Waals surface area contributed by atoms with Crippen molar-refractivity contribution in [1.82, 2.24) is 24.6 Å². The minimum atomic E-state index is 0.000447. The van der Waals surface area contributed by atoms with Crippen molar-refractivity contribution < 1.29 is 9.53 Å². The van der Waals surface area contributed by atoms with Crippen molar-refractivity contribution >= 4 is 5.91 Å². The molecule has 2 saturated heterocycles. The number of ether oxygens (including phenoxy) is 1. The summed E-state index contributed by atoms with van der Waals surface area (Å²) in [6.07, 6.45) is 5.82. The first-order valence-electron chi connectivity index (χ1n) is 9.12. The molecule has 4 heterocycles. The maximum Gasteiger partial charge on any atom is 0.272 e. The van der Waals surface area contributed by atoms with Crippen LogP contribution in [0.4, 0.5) is 0 Å². The van der Waals surface area contributed by atoms with Crippen LogP contribution in [0.5, 0.6) is 0 Å². The van der Waals surface area contributed by atoms with E-state index < -0.39 is 0 Å². The van der Waals surface area contributed by atoms with Crippen LogP contribution in [0.3, 0.4) is 0 Å². The van der Waals surface area contributed by atoms with Crippen molar-refractivity contribution in [3.05, 3.63) is 47.5 Å². The molecule has 0 N–H and O–H groups in total. The first kappa shape index (κ1) is 17.2. The fraction of sp³-hybridized carbons (Fsp3) is 0.526. The Hall–Kier alpha value is -2.25. The third-order valence-corrected chi connectivity index (χ3v) is 5.20. The summed E-state index contributed by atoms with van der Waals surface area (Å²) in [5.74, 6) is 0.337. The summed E-state index contributed by atoms with van der Waals surface area (Å²) in [5.41, 5.74) is 2.78. The highest BCUT2D eigenvalue weighted by atomic mass is 16.5. The van der Waals surface area contributed by atoms with Crippen molar-refractivity contribution in [3.8, 4) is 0 Å². The molecule has 2 atom stereocenters. The minimum absolute atomic E-state index is 0.000447. The summed E-state index contributed by atoms with van der Waals surface area (Å²) in [4.78, 5) is 21.3. The normalized spacial score (nSPS) is 23.7. The number of hydrogen-bond donors (Lipinski definition) is 0. The highest BCUT2D eigenvalue weighted by molar-refractivity contribution is 5.92. The van der Waals surface area contributed by atoms with E-state index in [0.29, 0.717) is 24.8 Å². The first-order chi connectivity index (χ1) is 12.6. The summed E-state index contributed by atoms with van der Waals surface area (Å²) >= 11 is 0. The lowest BCUT2D eigenvalue weighted by atomic mass is 10.1.